The summed E-state index contributed by atoms with van der Waals surface area (Å²) in [6.07, 6.45) is 5.07. The highest BCUT2D eigenvalue weighted by atomic mass is 16.5. The molecule has 0 N–H and O–H groups in total. The fraction of sp³-hybridized carbons (Fsp3) is 0.167. The van der Waals surface area contributed by atoms with Crippen molar-refractivity contribution in [1.29, 1.82) is 0 Å². The number of rotatable bonds is 4. The third kappa shape index (κ3) is 2.56. The third-order valence-corrected chi connectivity index (χ3v) is 1.74. The molecular formula is C12H12O2. The summed E-state index contributed by atoms with van der Waals surface area (Å²) in [5.74, 6) is 3.78. The average Bonchev–Trinajstić information content (AvgIpc) is 2.26. The monoisotopic (exact) mass is 188 g/mol. The highest BCUT2D eigenvalue weighted by Crippen LogP contribution is 2.17. The summed E-state index contributed by atoms with van der Waals surface area (Å²) in [5.41, 5.74) is 0.931. The van der Waals surface area contributed by atoms with Gasteiger partial charge in [-0.1, -0.05) is 12.5 Å². The third-order valence-electron chi connectivity index (χ3n) is 1.74. The molecule has 0 aliphatic rings. The predicted molar refractivity (Wildman–Crippen MR) is 56.8 cm³/mol. The largest absolute Gasteiger partial charge is 0.497 e. The van der Waals surface area contributed by atoms with Crippen molar-refractivity contribution in [3.63, 3.8) is 0 Å². The van der Waals surface area contributed by atoms with Crippen LogP contribution in [0.1, 0.15) is 5.56 Å². The Balaban J connectivity index is 2.69. The molecule has 1 aromatic carbocycles. The molecule has 72 valence electrons. The van der Waals surface area contributed by atoms with Crippen LogP contribution in [0.4, 0.5) is 0 Å². The SMILES string of the molecule is C#CCOc1ccc(C(=C)OC)cc1. The van der Waals surface area contributed by atoms with Crippen LogP contribution in [0, 0.1) is 12.3 Å². The van der Waals surface area contributed by atoms with Gasteiger partial charge in [-0.05, 0) is 24.3 Å². The van der Waals surface area contributed by atoms with Crippen LogP contribution in [0.15, 0.2) is 30.8 Å². The molecule has 0 radical (unpaired) electrons. The van der Waals surface area contributed by atoms with Crippen LogP contribution < -0.4 is 4.74 Å². The van der Waals surface area contributed by atoms with E-state index in [1.807, 2.05) is 24.3 Å². The molecule has 0 amide bonds. The minimum Gasteiger partial charge on any atom is -0.497 e. The first-order valence-electron chi connectivity index (χ1n) is 4.17. The van der Waals surface area contributed by atoms with Gasteiger partial charge < -0.3 is 9.47 Å². The van der Waals surface area contributed by atoms with E-state index in [2.05, 4.69) is 12.5 Å². The van der Waals surface area contributed by atoms with Gasteiger partial charge in [0.25, 0.3) is 0 Å². The van der Waals surface area contributed by atoms with E-state index in [0.717, 1.165) is 11.3 Å². The summed E-state index contributed by atoms with van der Waals surface area (Å²) >= 11 is 0. The molecule has 0 aromatic heterocycles. The fourth-order valence-electron chi connectivity index (χ4n) is 0.980. The highest BCUT2D eigenvalue weighted by molar-refractivity contribution is 5.57. The first-order chi connectivity index (χ1) is 6.77. The topological polar surface area (TPSA) is 18.5 Å². The standard InChI is InChI=1S/C12H12O2/c1-4-9-14-12-7-5-11(6-8-12)10(2)13-3/h1,5-8H,2,9H2,3H3. The summed E-state index contributed by atoms with van der Waals surface area (Å²) in [5, 5.41) is 0. The van der Waals surface area contributed by atoms with Gasteiger partial charge in [0, 0.05) is 5.56 Å². The molecule has 0 fully saturated rings. The lowest BCUT2D eigenvalue weighted by Crippen LogP contribution is -1.93. The fourth-order valence-corrected chi connectivity index (χ4v) is 0.980. The zero-order valence-corrected chi connectivity index (χ0v) is 8.12. The van der Waals surface area contributed by atoms with E-state index >= 15 is 0 Å². The first-order valence-corrected chi connectivity index (χ1v) is 4.17. The smallest absolute Gasteiger partial charge is 0.148 e. The van der Waals surface area contributed by atoms with Crippen molar-refractivity contribution in [2.45, 2.75) is 0 Å². The average molecular weight is 188 g/mol. The summed E-state index contributed by atoms with van der Waals surface area (Å²) in [6.45, 7) is 4.02. The number of hydrogen-bond donors (Lipinski definition) is 0. The van der Waals surface area contributed by atoms with Crippen molar-refractivity contribution in [2.75, 3.05) is 13.7 Å². The first kappa shape index (κ1) is 10.2. The summed E-state index contributed by atoms with van der Waals surface area (Å²) < 4.78 is 10.2. The molecule has 0 saturated carbocycles. The molecule has 1 aromatic rings. The second kappa shape index (κ2) is 4.98. The Morgan fingerprint density at radius 1 is 1.43 bits per heavy atom. The van der Waals surface area contributed by atoms with Crippen molar-refractivity contribution in [1.82, 2.24) is 0 Å². The molecule has 0 spiro atoms. The van der Waals surface area contributed by atoms with Crippen molar-refractivity contribution in [3.05, 3.63) is 36.4 Å². The summed E-state index contributed by atoms with van der Waals surface area (Å²) in [6, 6.07) is 7.41. The van der Waals surface area contributed by atoms with Gasteiger partial charge in [0.2, 0.25) is 0 Å². The maximum atomic E-state index is 5.22. The number of benzene rings is 1. The van der Waals surface area contributed by atoms with E-state index in [0.29, 0.717) is 5.76 Å². The van der Waals surface area contributed by atoms with E-state index in [4.69, 9.17) is 15.9 Å². The number of terminal acetylenes is 1. The lowest BCUT2D eigenvalue weighted by Gasteiger charge is -2.05. The van der Waals surface area contributed by atoms with Crippen molar-refractivity contribution >= 4 is 5.76 Å². The summed E-state index contributed by atoms with van der Waals surface area (Å²) in [7, 11) is 1.59. The Kier molecular flexibility index (Phi) is 3.63. The Labute approximate surface area is 84.2 Å². The van der Waals surface area contributed by atoms with Crippen molar-refractivity contribution < 1.29 is 9.47 Å². The Bertz CT molecular complexity index is 344. The molecule has 2 heteroatoms. The van der Waals surface area contributed by atoms with Crippen LogP contribution in [-0.2, 0) is 4.74 Å². The molecule has 0 bridgehead atoms. The Morgan fingerprint density at radius 2 is 2.07 bits per heavy atom. The van der Waals surface area contributed by atoms with Gasteiger partial charge >= 0.3 is 0 Å². The van der Waals surface area contributed by atoms with Gasteiger partial charge in [-0.15, -0.1) is 6.42 Å². The molecule has 14 heavy (non-hydrogen) atoms. The van der Waals surface area contributed by atoms with Crippen LogP contribution in [0.2, 0.25) is 0 Å². The number of methoxy groups -OCH3 is 1. The molecule has 2 nitrogen and oxygen atoms in total. The quantitative estimate of drug-likeness (QED) is 0.533. The van der Waals surface area contributed by atoms with Gasteiger partial charge in [0.05, 0.1) is 7.11 Å². The Morgan fingerprint density at radius 3 is 2.57 bits per heavy atom. The van der Waals surface area contributed by atoms with Crippen LogP contribution in [-0.4, -0.2) is 13.7 Å². The van der Waals surface area contributed by atoms with Crippen molar-refractivity contribution in [2.24, 2.45) is 0 Å². The molecule has 0 unspecified atom stereocenters. The van der Waals surface area contributed by atoms with Gasteiger partial charge in [-0.2, -0.15) is 0 Å². The van der Waals surface area contributed by atoms with Gasteiger partial charge in [0.1, 0.15) is 18.1 Å². The van der Waals surface area contributed by atoms with Gasteiger partial charge in [0.15, 0.2) is 0 Å². The van der Waals surface area contributed by atoms with Crippen molar-refractivity contribution in [3.8, 4) is 18.1 Å². The molecule has 0 aliphatic carbocycles. The van der Waals surface area contributed by atoms with Gasteiger partial charge in [-0.3, -0.25) is 0 Å². The van der Waals surface area contributed by atoms with E-state index in [-0.39, 0.29) is 6.61 Å². The Hall–Kier alpha value is -1.88. The molecule has 0 atom stereocenters. The van der Waals surface area contributed by atoms with E-state index in [9.17, 15) is 0 Å². The summed E-state index contributed by atoms with van der Waals surface area (Å²) in [4.78, 5) is 0. The molecule has 0 aliphatic heterocycles. The van der Waals surface area contributed by atoms with Gasteiger partial charge in [-0.25, -0.2) is 0 Å². The van der Waals surface area contributed by atoms with Crippen LogP contribution in [0.5, 0.6) is 5.75 Å². The lowest BCUT2D eigenvalue weighted by molar-refractivity contribution is 0.367. The molecular weight excluding hydrogens is 176 g/mol. The maximum absolute atomic E-state index is 5.22. The second-order valence-corrected chi connectivity index (χ2v) is 2.64. The van der Waals surface area contributed by atoms with E-state index < -0.39 is 0 Å². The lowest BCUT2D eigenvalue weighted by atomic mass is 10.2. The highest BCUT2D eigenvalue weighted by Gasteiger charge is 1.98. The minimum atomic E-state index is 0.282. The molecule has 0 heterocycles. The predicted octanol–water partition coefficient (Wildman–Crippen LogP) is 2.32. The normalized spacial score (nSPS) is 8.86. The number of ether oxygens (including phenoxy) is 2. The zero-order chi connectivity index (χ0) is 10.4. The van der Waals surface area contributed by atoms with Crippen LogP contribution in [0.25, 0.3) is 5.76 Å². The second-order valence-electron chi connectivity index (χ2n) is 2.64. The molecule has 0 saturated heterocycles. The van der Waals surface area contributed by atoms with Crippen LogP contribution >= 0.6 is 0 Å². The van der Waals surface area contributed by atoms with E-state index in [1.54, 1.807) is 7.11 Å². The minimum absolute atomic E-state index is 0.282. The maximum Gasteiger partial charge on any atom is 0.148 e. The zero-order valence-electron chi connectivity index (χ0n) is 8.12. The molecule has 1 rings (SSSR count). The van der Waals surface area contributed by atoms with Crippen LogP contribution in [0.3, 0.4) is 0 Å². The van der Waals surface area contributed by atoms with E-state index in [1.165, 1.54) is 0 Å². The number of hydrogen-bond acceptors (Lipinski definition) is 2.